The lowest BCUT2D eigenvalue weighted by Crippen LogP contribution is -2.50. The molecule has 7 nitrogen and oxygen atoms in total. The fourth-order valence-corrected chi connectivity index (χ4v) is 2.75. The number of amides is 1. The summed E-state index contributed by atoms with van der Waals surface area (Å²) in [5, 5.41) is 4.00. The van der Waals surface area contributed by atoms with Gasteiger partial charge >= 0.3 is 0 Å². The average molecular weight is 365 g/mol. The van der Waals surface area contributed by atoms with Crippen molar-refractivity contribution in [3.63, 3.8) is 0 Å². The van der Waals surface area contributed by atoms with Crippen LogP contribution < -0.4 is 9.47 Å². The van der Waals surface area contributed by atoms with Gasteiger partial charge in [-0.2, -0.15) is 4.98 Å². The number of benzene rings is 2. The van der Waals surface area contributed by atoms with Crippen LogP contribution in [0.4, 0.5) is 0 Å². The molecule has 1 aromatic heterocycles. The van der Waals surface area contributed by atoms with Crippen molar-refractivity contribution in [2.45, 2.75) is 12.5 Å². The topological polar surface area (TPSA) is 77.7 Å². The number of nitrogens with zero attached hydrogens (tertiary/aromatic N) is 3. The van der Waals surface area contributed by atoms with E-state index in [4.69, 9.17) is 14.0 Å². The van der Waals surface area contributed by atoms with Gasteiger partial charge in [-0.25, -0.2) is 0 Å². The highest BCUT2D eigenvalue weighted by Gasteiger charge is 2.35. The van der Waals surface area contributed by atoms with E-state index in [2.05, 4.69) is 10.1 Å². The zero-order valence-electron chi connectivity index (χ0n) is 14.7. The molecule has 0 N–H and O–H groups in total. The molecule has 4 rings (SSSR count). The normalized spacial score (nSPS) is 13.9. The second-order valence-electron chi connectivity index (χ2n) is 6.25. The maximum atomic E-state index is 12.2. The molecule has 0 spiro atoms. The molecule has 7 heteroatoms. The molecule has 0 atom stereocenters. The van der Waals surface area contributed by atoms with E-state index in [0.717, 1.165) is 5.75 Å². The van der Waals surface area contributed by atoms with Gasteiger partial charge in [-0.15, -0.1) is 0 Å². The minimum absolute atomic E-state index is 0.0269. The fraction of sp³-hybridized carbons (Fsp3) is 0.250. The Bertz CT molecular complexity index is 877. The number of para-hydroxylation sites is 2. The third kappa shape index (κ3) is 4.25. The summed E-state index contributed by atoms with van der Waals surface area (Å²) in [6, 6.07) is 18.7. The Hall–Kier alpha value is -3.35. The maximum Gasteiger partial charge on any atom is 0.264 e. The van der Waals surface area contributed by atoms with Crippen LogP contribution >= 0.6 is 0 Å². The summed E-state index contributed by atoms with van der Waals surface area (Å²) in [5.74, 6) is 2.49. The number of hydrogen-bond donors (Lipinski definition) is 0. The third-order valence-corrected chi connectivity index (χ3v) is 4.29. The second-order valence-corrected chi connectivity index (χ2v) is 6.25. The number of carbonyl (C=O) groups excluding carboxylic acids is 1. The summed E-state index contributed by atoms with van der Waals surface area (Å²) in [4.78, 5) is 18.2. The number of rotatable bonds is 7. The number of hydrogen-bond acceptors (Lipinski definition) is 6. The lowest BCUT2D eigenvalue weighted by atomic mass is 9.99. The molecule has 0 bridgehead atoms. The van der Waals surface area contributed by atoms with Gasteiger partial charge in [0.2, 0.25) is 0 Å². The zero-order valence-corrected chi connectivity index (χ0v) is 14.7. The van der Waals surface area contributed by atoms with Crippen LogP contribution in [-0.2, 0) is 11.4 Å². The maximum absolute atomic E-state index is 12.2. The van der Waals surface area contributed by atoms with E-state index in [1.54, 1.807) is 4.90 Å². The van der Waals surface area contributed by atoms with Crippen LogP contribution in [0.3, 0.4) is 0 Å². The van der Waals surface area contributed by atoms with Crippen molar-refractivity contribution >= 4 is 5.91 Å². The van der Waals surface area contributed by atoms with Gasteiger partial charge < -0.3 is 18.9 Å². The molecule has 0 radical (unpaired) electrons. The second kappa shape index (κ2) is 7.90. The van der Waals surface area contributed by atoms with Crippen molar-refractivity contribution < 1.29 is 18.8 Å². The van der Waals surface area contributed by atoms with Gasteiger partial charge in [0.05, 0.1) is 5.92 Å². The van der Waals surface area contributed by atoms with Crippen LogP contribution in [0.2, 0.25) is 0 Å². The minimum atomic E-state index is -0.0498. The quantitative estimate of drug-likeness (QED) is 0.641. The summed E-state index contributed by atoms with van der Waals surface area (Å²) in [5.41, 5.74) is 0. The highest BCUT2D eigenvalue weighted by molar-refractivity contribution is 5.78. The van der Waals surface area contributed by atoms with Gasteiger partial charge in [0.1, 0.15) is 11.5 Å². The molecule has 1 fully saturated rings. The SMILES string of the molecule is O=C(COc1ccccc1)N1CC(c2noc(COc3ccccc3)n2)C1. The number of aromatic nitrogens is 2. The van der Waals surface area contributed by atoms with Crippen molar-refractivity contribution in [2.75, 3.05) is 19.7 Å². The predicted molar refractivity (Wildman–Crippen MR) is 96.3 cm³/mol. The van der Waals surface area contributed by atoms with Crippen molar-refractivity contribution in [3.05, 3.63) is 72.4 Å². The Labute approximate surface area is 156 Å². The zero-order chi connectivity index (χ0) is 18.5. The summed E-state index contributed by atoms with van der Waals surface area (Å²) in [7, 11) is 0. The molecule has 1 aliphatic rings. The van der Waals surface area contributed by atoms with E-state index < -0.39 is 0 Å². The largest absolute Gasteiger partial charge is 0.484 e. The molecular weight excluding hydrogens is 346 g/mol. The van der Waals surface area contributed by atoms with Crippen molar-refractivity contribution in [1.29, 1.82) is 0 Å². The summed E-state index contributed by atoms with van der Waals surface area (Å²) < 4.78 is 16.3. The molecule has 0 aliphatic carbocycles. The third-order valence-electron chi connectivity index (χ3n) is 4.29. The summed E-state index contributed by atoms with van der Waals surface area (Å²) in [6.45, 7) is 1.38. The van der Waals surface area contributed by atoms with Gasteiger partial charge in [0.25, 0.3) is 11.8 Å². The highest BCUT2D eigenvalue weighted by Crippen LogP contribution is 2.25. The van der Waals surface area contributed by atoms with Crippen LogP contribution in [0.1, 0.15) is 17.6 Å². The first kappa shape index (κ1) is 17.1. The van der Waals surface area contributed by atoms with Gasteiger partial charge in [0.15, 0.2) is 19.0 Å². The van der Waals surface area contributed by atoms with Gasteiger partial charge in [-0.1, -0.05) is 41.6 Å². The van der Waals surface area contributed by atoms with Crippen molar-refractivity contribution in [3.8, 4) is 11.5 Å². The first-order valence-electron chi connectivity index (χ1n) is 8.74. The molecule has 1 saturated heterocycles. The Balaban J connectivity index is 1.22. The molecule has 138 valence electrons. The van der Waals surface area contributed by atoms with Crippen molar-refractivity contribution in [1.82, 2.24) is 15.0 Å². The van der Waals surface area contributed by atoms with Crippen molar-refractivity contribution in [2.24, 2.45) is 0 Å². The Morgan fingerprint density at radius 2 is 1.63 bits per heavy atom. The summed E-state index contributed by atoms with van der Waals surface area (Å²) in [6.07, 6.45) is 0. The standard InChI is InChI=1S/C20H19N3O4/c24-19(14-26-17-9-5-2-6-10-17)23-11-15(12-23)20-21-18(27-22-20)13-25-16-7-3-1-4-8-16/h1-10,15H,11-14H2. The minimum Gasteiger partial charge on any atom is -0.484 e. The van der Waals surface area contributed by atoms with Crippen LogP contribution in [0.15, 0.2) is 65.2 Å². The number of likely N-dealkylation sites (tertiary alicyclic amines) is 1. The lowest BCUT2D eigenvalue weighted by Gasteiger charge is -2.37. The summed E-state index contributed by atoms with van der Waals surface area (Å²) >= 11 is 0. The molecule has 27 heavy (non-hydrogen) atoms. The van der Waals surface area contributed by atoms with Crippen LogP contribution in [0.25, 0.3) is 0 Å². The molecular formula is C20H19N3O4. The van der Waals surface area contributed by atoms with Gasteiger partial charge in [-0.3, -0.25) is 4.79 Å². The molecule has 3 aromatic rings. The predicted octanol–water partition coefficient (Wildman–Crippen LogP) is 2.65. The number of carbonyl (C=O) groups is 1. The average Bonchev–Trinajstić information content (AvgIpc) is 3.14. The first-order chi connectivity index (χ1) is 13.3. The monoisotopic (exact) mass is 365 g/mol. The van der Waals surface area contributed by atoms with E-state index in [-0.39, 0.29) is 25.0 Å². The molecule has 2 aromatic carbocycles. The fourth-order valence-electron chi connectivity index (χ4n) is 2.75. The van der Waals surface area contributed by atoms with Crippen LogP contribution in [0.5, 0.6) is 11.5 Å². The van der Waals surface area contributed by atoms with E-state index in [0.29, 0.717) is 30.6 Å². The van der Waals surface area contributed by atoms with E-state index in [9.17, 15) is 4.79 Å². The van der Waals surface area contributed by atoms with E-state index in [1.165, 1.54) is 0 Å². The van der Waals surface area contributed by atoms with Gasteiger partial charge in [-0.05, 0) is 24.3 Å². The van der Waals surface area contributed by atoms with Crippen LogP contribution in [0, 0.1) is 0 Å². The molecule has 0 unspecified atom stereocenters. The Morgan fingerprint density at radius 1 is 1.00 bits per heavy atom. The Kier molecular flexibility index (Phi) is 5.00. The van der Waals surface area contributed by atoms with Crippen LogP contribution in [-0.4, -0.2) is 40.6 Å². The molecule has 0 saturated carbocycles. The van der Waals surface area contributed by atoms with Gasteiger partial charge in [0, 0.05) is 13.1 Å². The molecule has 2 heterocycles. The smallest absolute Gasteiger partial charge is 0.264 e. The van der Waals surface area contributed by atoms with E-state index >= 15 is 0 Å². The molecule has 1 amide bonds. The van der Waals surface area contributed by atoms with E-state index in [1.807, 2.05) is 60.7 Å². The first-order valence-corrected chi connectivity index (χ1v) is 8.74. The lowest BCUT2D eigenvalue weighted by molar-refractivity contribution is -0.138. The number of ether oxygens (including phenoxy) is 2. The Morgan fingerprint density at radius 3 is 2.30 bits per heavy atom. The highest BCUT2D eigenvalue weighted by atomic mass is 16.5. The molecule has 1 aliphatic heterocycles.